The van der Waals surface area contributed by atoms with E-state index in [9.17, 15) is 0 Å². The van der Waals surface area contributed by atoms with Crippen LogP contribution in [0.25, 0.3) is 0 Å². The van der Waals surface area contributed by atoms with Crippen molar-refractivity contribution in [2.75, 3.05) is 5.32 Å². The maximum absolute atomic E-state index is 5.26. The van der Waals surface area contributed by atoms with Gasteiger partial charge in [-0.2, -0.15) is 5.10 Å². The number of nitrogens with one attached hydrogen (secondary N) is 3. The monoisotopic (exact) mass is 272 g/mol. The molecule has 98 valence electrons. The average molecular weight is 272 g/mol. The maximum atomic E-state index is 5.26. The number of nitrogens with zero attached hydrogens (tertiary/aromatic N) is 1. The van der Waals surface area contributed by atoms with E-state index in [-0.39, 0.29) is 6.04 Å². The molecule has 0 amide bonds. The van der Waals surface area contributed by atoms with Crippen LogP contribution in [0.2, 0.25) is 0 Å². The van der Waals surface area contributed by atoms with Crippen LogP contribution in [0.3, 0.4) is 0 Å². The van der Waals surface area contributed by atoms with Gasteiger partial charge in [-0.15, -0.1) is 0 Å². The van der Waals surface area contributed by atoms with Crippen LogP contribution in [0.5, 0.6) is 0 Å². The summed E-state index contributed by atoms with van der Waals surface area (Å²) in [6.45, 7) is 4.31. The summed E-state index contributed by atoms with van der Waals surface area (Å²) >= 11 is 5.26. The molecule has 0 fully saturated rings. The molecule has 2 heterocycles. The Hall–Kier alpha value is -1.88. The third-order valence-electron chi connectivity index (χ3n) is 3.34. The minimum atomic E-state index is 0.0566. The number of anilines is 1. The molecule has 3 rings (SSSR count). The fourth-order valence-electron chi connectivity index (χ4n) is 2.43. The summed E-state index contributed by atoms with van der Waals surface area (Å²) in [5.41, 5.74) is 3.50. The normalized spacial score (nSPS) is 17.8. The van der Waals surface area contributed by atoms with Crippen molar-refractivity contribution in [3.8, 4) is 0 Å². The third-order valence-corrected chi connectivity index (χ3v) is 3.56. The topological polar surface area (TPSA) is 52.7 Å². The van der Waals surface area contributed by atoms with Gasteiger partial charge in [-0.1, -0.05) is 44.2 Å². The molecule has 0 saturated heterocycles. The summed E-state index contributed by atoms with van der Waals surface area (Å²) in [4.78, 5) is 0. The number of aromatic nitrogens is 2. The molecule has 1 aromatic carbocycles. The highest BCUT2D eigenvalue weighted by atomic mass is 32.1. The minimum absolute atomic E-state index is 0.0566. The van der Waals surface area contributed by atoms with E-state index in [1.807, 2.05) is 18.2 Å². The van der Waals surface area contributed by atoms with Crippen molar-refractivity contribution in [2.45, 2.75) is 25.8 Å². The predicted molar refractivity (Wildman–Crippen MR) is 80.3 cm³/mol. The van der Waals surface area contributed by atoms with Crippen molar-refractivity contribution in [3.05, 3.63) is 47.2 Å². The molecular formula is C14H16N4S. The molecule has 4 nitrogen and oxygen atoms in total. The molecule has 1 unspecified atom stereocenters. The first-order valence-corrected chi connectivity index (χ1v) is 6.78. The molecule has 0 aliphatic carbocycles. The van der Waals surface area contributed by atoms with Crippen LogP contribution in [0.4, 0.5) is 5.82 Å². The Morgan fingerprint density at radius 1 is 1.21 bits per heavy atom. The van der Waals surface area contributed by atoms with E-state index >= 15 is 0 Å². The minimum Gasteiger partial charge on any atom is -0.351 e. The maximum Gasteiger partial charge on any atom is 0.172 e. The van der Waals surface area contributed by atoms with Gasteiger partial charge in [-0.25, -0.2) is 0 Å². The Balaban J connectivity index is 2.13. The lowest BCUT2D eigenvalue weighted by Crippen LogP contribution is -2.38. The van der Waals surface area contributed by atoms with Gasteiger partial charge in [0.1, 0.15) is 0 Å². The highest BCUT2D eigenvalue weighted by Gasteiger charge is 2.29. The summed E-state index contributed by atoms with van der Waals surface area (Å²) in [6, 6.07) is 10.4. The van der Waals surface area contributed by atoms with E-state index in [1.54, 1.807) is 0 Å². The number of thiocarbonyl (C=S) groups is 1. The summed E-state index contributed by atoms with van der Waals surface area (Å²) in [5, 5.41) is 14.5. The fraction of sp³-hybridized carbons (Fsp3) is 0.286. The van der Waals surface area contributed by atoms with Crippen LogP contribution in [-0.2, 0) is 0 Å². The van der Waals surface area contributed by atoms with Crippen LogP contribution >= 0.6 is 12.2 Å². The van der Waals surface area contributed by atoms with Crippen LogP contribution < -0.4 is 10.6 Å². The predicted octanol–water partition coefficient (Wildman–Crippen LogP) is 2.92. The van der Waals surface area contributed by atoms with Crippen molar-refractivity contribution in [1.82, 2.24) is 15.5 Å². The molecule has 1 aromatic heterocycles. The lowest BCUT2D eigenvalue weighted by atomic mass is 9.93. The Labute approximate surface area is 117 Å². The molecule has 3 N–H and O–H groups in total. The van der Waals surface area contributed by atoms with Gasteiger partial charge in [0.15, 0.2) is 10.9 Å². The van der Waals surface area contributed by atoms with Gasteiger partial charge in [-0.3, -0.25) is 5.10 Å². The van der Waals surface area contributed by atoms with Gasteiger partial charge in [-0.05, 0) is 23.7 Å². The summed E-state index contributed by atoms with van der Waals surface area (Å²) in [6.07, 6.45) is 0. The quantitative estimate of drug-likeness (QED) is 0.736. The SMILES string of the molecule is CC(C)c1[nH]nc2c1C(c1ccccc1)NC(=S)N2. The van der Waals surface area contributed by atoms with Crippen LogP contribution in [0.15, 0.2) is 30.3 Å². The van der Waals surface area contributed by atoms with Crippen molar-refractivity contribution in [2.24, 2.45) is 0 Å². The molecular weight excluding hydrogens is 256 g/mol. The van der Waals surface area contributed by atoms with Gasteiger partial charge in [0.2, 0.25) is 0 Å². The number of rotatable bonds is 2. The number of hydrogen-bond acceptors (Lipinski definition) is 2. The Bertz CT molecular complexity index is 603. The highest BCUT2D eigenvalue weighted by molar-refractivity contribution is 7.80. The Morgan fingerprint density at radius 2 is 1.95 bits per heavy atom. The van der Waals surface area contributed by atoms with Crippen molar-refractivity contribution < 1.29 is 0 Å². The number of fused-ring (bicyclic) bond motifs is 1. The van der Waals surface area contributed by atoms with Crippen molar-refractivity contribution >= 4 is 23.1 Å². The standard InChI is InChI=1S/C14H16N4S/c1-8(2)11-10-12(9-6-4-3-5-7-9)15-14(19)16-13(10)18-17-11/h3-8,12H,1-2H3,(H3,15,16,17,18,19). The smallest absolute Gasteiger partial charge is 0.172 e. The van der Waals surface area contributed by atoms with Crippen LogP contribution in [-0.4, -0.2) is 15.3 Å². The number of hydrogen-bond donors (Lipinski definition) is 3. The van der Waals surface area contributed by atoms with Gasteiger partial charge < -0.3 is 10.6 Å². The first-order valence-electron chi connectivity index (χ1n) is 6.37. The molecule has 0 spiro atoms. The molecule has 2 aromatic rings. The van der Waals surface area contributed by atoms with E-state index in [0.29, 0.717) is 11.0 Å². The zero-order valence-corrected chi connectivity index (χ0v) is 11.7. The zero-order valence-electron chi connectivity index (χ0n) is 10.9. The number of aromatic amines is 1. The molecule has 1 aliphatic heterocycles. The highest BCUT2D eigenvalue weighted by Crippen LogP contribution is 2.35. The molecule has 0 radical (unpaired) electrons. The lowest BCUT2D eigenvalue weighted by molar-refractivity contribution is 0.721. The summed E-state index contributed by atoms with van der Waals surface area (Å²) in [7, 11) is 0. The van der Waals surface area contributed by atoms with Gasteiger partial charge >= 0.3 is 0 Å². The van der Waals surface area contributed by atoms with Crippen LogP contribution in [0.1, 0.15) is 42.6 Å². The van der Waals surface area contributed by atoms with E-state index in [0.717, 1.165) is 17.1 Å². The summed E-state index contributed by atoms with van der Waals surface area (Å²) in [5.74, 6) is 1.22. The lowest BCUT2D eigenvalue weighted by Gasteiger charge is -2.27. The molecule has 1 atom stereocenters. The number of benzene rings is 1. The second-order valence-corrected chi connectivity index (χ2v) is 5.40. The third kappa shape index (κ3) is 2.10. The first kappa shape index (κ1) is 12.2. The van der Waals surface area contributed by atoms with Gasteiger partial charge in [0.25, 0.3) is 0 Å². The van der Waals surface area contributed by atoms with E-state index in [2.05, 4.69) is 46.8 Å². The second-order valence-electron chi connectivity index (χ2n) is 5.00. The van der Waals surface area contributed by atoms with Crippen LogP contribution in [0, 0.1) is 0 Å². The van der Waals surface area contributed by atoms with Gasteiger partial charge in [0.05, 0.1) is 6.04 Å². The molecule has 1 aliphatic rings. The molecule has 19 heavy (non-hydrogen) atoms. The second kappa shape index (κ2) is 4.66. The molecule has 0 saturated carbocycles. The first-order chi connectivity index (χ1) is 9.16. The summed E-state index contributed by atoms with van der Waals surface area (Å²) < 4.78 is 0. The van der Waals surface area contributed by atoms with E-state index < -0.39 is 0 Å². The number of H-pyrrole nitrogens is 1. The fourth-order valence-corrected chi connectivity index (χ4v) is 2.65. The molecule has 5 heteroatoms. The van der Waals surface area contributed by atoms with Gasteiger partial charge in [0, 0.05) is 11.3 Å². The Morgan fingerprint density at radius 3 is 2.63 bits per heavy atom. The van der Waals surface area contributed by atoms with Crippen molar-refractivity contribution in [1.29, 1.82) is 0 Å². The van der Waals surface area contributed by atoms with E-state index in [4.69, 9.17) is 12.2 Å². The molecule has 0 bridgehead atoms. The zero-order chi connectivity index (χ0) is 13.4. The van der Waals surface area contributed by atoms with Crippen molar-refractivity contribution in [3.63, 3.8) is 0 Å². The van der Waals surface area contributed by atoms with E-state index in [1.165, 1.54) is 5.56 Å². The Kier molecular flexibility index (Phi) is 2.98. The average Bonchev–Trinajstić information content (AvgIpc) is 2.82. The largest absolute Gasteiger partial charge is 0.351 e.